The molecule has 2 heterocycles. The summed E-state index contributed by atoms with van der Waals surface area (Å²) in [4.78, 5) is 33.6. The Morgan fingerprint density at radius 2 is 1.76 bits per heavy atom. The van der Waals surface area contributed by atoms with Gasteiger partial charge in [0.1, 0.15) is 5.76 Å². The molecule has 0 spiro atoms. The van der Waals surface area contributed by atoms with Gasteiger partial charge in [0.15, 0.2) is 5.16 Å². The Bertz CT molecular complexity index is 1310. The number of rotatable bonds is 7. The van der Waals surface area contributed by atoms with Gasteiger partial charge in [0.25, 0.3) is 5.56 Å². The van der Waals surface area contributed by atoms with E-state index in [9.17, 15) is 9.59 Å². The number of aromatic nitrogens is 2. The number of nitrogens with zero attached hydrogens (tertiary/aromatic N) is 3. The molecule has 0 atom stereocenters. The van der Waals surface area contributed by atoms with Crippen molar-refractivity contribution in [3.05, 3.63) is 89.1 Å². The molecule has 6 nitrogen and oxygen atoms in total. The lowest BCUT2D eigenvalue weighted by Gasteiger charge is -2.34. The van der Waals surface area contributed by atoms with E-state index in [1.807, 2.05) is 59.5 Å². The highest BCUT2D eigenvalue weighted by Gasteiger charge is 2.27. The summed E-state index contributed by atoms with van der Waals surface area (Å²) in [5.74, 6) is 0.907. The van der Waals surface area contributed by atoms with Gasteiger partial charge in [0.05, 0.1) is 29.5 Å². The van der Waals surface area contributed by atoms with Crippen molar-refractivity contribution in [2.75, 3.05) is 10.7 Å². The van der Waals surface area contributed by atoms with Crippen LogP contribution in [0, 0.1) is 0 Å². The number of fused-ring (bicyclic) bond motifs is 1. The van der Waals surface area contributed by atoms with Crippen LogP contribution < -0.4 is 10.5 Å². The highest BCUT2D eigenvalue weighted by molar-refractivity contribution is 7.99. The summed E-state index contributed by atoms with van der Waals surface area (Å²) in [6.07, 6.45) is 7.13. The van der Waals surface area contributed by atoms with Crippen molar-refractivity contribution in [1.29, 1.82) is 0 Å². The second kappa shape index (κ2) is 10.3. The molecule has 0 bridgehead atoms. The van der Waals surface area contributed by atoms with E-state index >= 15 is 0 Å². The third kappa shape index (κ3) is 4.80. The minimum Gasteiger partial charge on any atom is -0.467 e. The molecule has 1 saturated carbocycles. The van der Waals surface area contributed by atoms with Gasteiger partial charge < -0.3 is 9.32 Å². The molecule has 0 radical (unpaired) electrons. The molecule has 0 N–H and O–H groups in total. The number of carbonyl (C=O) groups excluding carboxylic acids is 1. The largest absolute Gasteiger partial charge is 0.467 e. The third-order valence-corrected chi connectivity index (χ3v) is 7.25. The Balaban J connectivity index is 1.45. The molecular formula is C27H27N3O3S. The van der Waals surface area contributed by atoms with Crippen molar-refractivity contribution in [3.63, 3.8) is 0 Å². The Hall–Kier alpha value is -3.32. The topological polar surface area (TPSA) is 68.3 Å². The van der Waals surface area contributed by atoms with Crippen molar-refractivity contribution >= 4 is 34.3 Å². The smallest absolute Gasteiger partial charge is 0.262 e. The van der Waals surface area contributed by atoms with Gasteiger partial charge in [-0.1, -0.05) is 61.4 Å². The van der Waals surface area contributed by atoms with Crippen molar-refractivity contribution in [2.45, 2.75) is 49.8 Å². The maximum atomic E-state index is 13.6. The lowest BCUT2D eigenvalue weighted by Crippen LogP contribution is -2.42. The van der Waals surface area contributed by atoms with Crippen LogP contribution in [0.4, 0.5) is 5.69 Å². The Kier molecular flexibility index (Phi) is 6.81. The predicted molar refractivity (Wildman–Crippen MR) is 135 cm³/mol. The molecule has 2 aromatic heterocycles. The molecule has 1 amide bonds. The van der Waals surface area contributed by atoms with Gasteiger partial charge in [-0.2, -0.15) is 0 Å². The molecule has 1 aliphatic rings. The van der Waals surface area contributed by atoms with E-state index in [1.165, 1.54) is 18.2 Å². The fourth-order valence-corrected chi connectivity index (χ4v) is 5.50. The molecule has 7 heteroatoms. The summed E-state index contributed by atoms with van der Waals surface area (Å²) in [6, 6.07) is 21.1. The molecule has 174 valence electrons. The number of hydrogen-bond acceptors (Lipinski definition) is 5. The maximum Gasteiger partial charge on any atom is 0.262 e. The number of furan rings is 1. The summed E-state index contributed by atoms with van der Waals surface area (Å²) in [6.45, 7) is 0.269. The zero-order valence-electron chi connectivity index (χ0n) is 18.9. The van der Waals surface area contributed by atoms with Crippen LogP contribution in [0.25, 0.3) is 10.9 Å². The Morgan fingerprint density at radius 3 is 2.53 bits per heavy atom. The predicted octanol–water partition coefficient (Wildman–Crippen LogP) is 5.50. The molecule has 0 aliphatic heterocycles. The quantitative estimate of drug-likeness (QED) is 0.262. The summed E-state index contributed by atoms with van der Waals surface area (Å²) in [5.41, 5.74) is 1.42. The lowest BCUT2D eigenvalue weighted by molar-refractivity contribution is -0.116. The van der Waals surface area contributed by atoms with E-state index in [0.717, 1.165) is 31.4 Å². The fraction of sp³-hybridized carbons (Fsp3) is 0.296. The molecular weight excluding hydrogens is 446 g/mol. The minimum absolute atomic E-state index is 0.0371. The van der Waals surface area contributed by atoms with Gasteiger partial charge >= 0.3 is 0 Å². The molecule has 0 saturated heterocycles. The van der Waals surface area contributed by atoms with Gasteiger partial charge in [-0.15, -0.1) is 0 Å². The molecule has 34 heavy (non-hydrogen) atoms. The third-order valence-electron chi connectivity index (χ3n) is 6.29. The highest BCUT2D eigenvalue weighted by atomic mass is 32.2. The van der Waals surface area contributed by atoms with E-state index in [0.29, 0.717) is 21.8 Å². The van der Waals surface area contributed by atoms with Crippen molar-refractivity contribution in [2.24, 2.45) is 0 Å². The number of amides is 1. The first-order chi connectivity index (χ1) is 16.7. The van der Waals surface area contributed by atoms with Crippen LogP contribution in [-0.4, -0.2) is 27.3 Å². The fourth-order valence-electron chi connectivity index (χ4n) is 4.64. The van der Waals surface area contributed by atoms with E-state index in [1.54, 1.807) is 23.0 Å². The molecule has 1 fully saturated rings. The van der Waals surface area contributed by atoms with Crippen molar-refractivity contribution < 1.29 is 9.21 Å². The van der Waals surface area contributed by atoms with Gasteiger partial charge in [0, 0.05) is 11.7 Å². The van der Waals surface area contributed by atoms with E-state index in [-0.39, 0.29) is 29.8 Å². The van der Waals surface area contributed by atoms with E-state index in [2.05, 4.69) is 0 Å². The van der Waals surface area contributed by atoms with Crippen LogP contribution in [0.1, 0.15) is 37.9 Å². The highest BCUT2D eigenvalue weighted by Crippen LogP contribution is 2.29. The Morgan fingerprint density at radius 1 is 1.00 bits per heavy atom. The second-order valence-corrected chi connectivity index (χ2v) is 9.50. The van der Waals surface area contributed by atoms with Crippen LogP contribution in [0.2, 0.25) is 0 Å². The van der Waals surface area contributed by atoms with Crippen molar-refractivity contribution in [1.82, 2.24) is 9.55 Å². The number of benzene rings is 2. The average molecular weight is 474 g/mol. The van der Waals surface area contributed by atoms with Gasteiger partial charge in [-0.05, 0) is 49.2 Å². The lowest BCUT2D eigenvalue weighted by atomic mass is 9.93. The van der Waals surface area contributed by atoms with Gasteiger partial charge in [-0.25, -0.2) is 4.98 Å². The zero-order chi connectivity index (χ0) is 23.3. The van der Waals surface area contributed by atoms with Crippen LogP contribution in [0.3, 0.4) is 0 Å². The summed E-state index contributed by atoms with van der Waals surface area (Å²) in [5, 5.41) is 1.07. The van der Waals surface area contributed by atoms with Gasteiger partial charge in [0.2, 0.25) is 5.91 Å². The first kappa shape index (κ1) is 22.5. The second-order valence-electron chi connectivity index (χ2n) is 8.56. The first-order valence-corrected chi connectivity index (χ1v) is 12.7. The number of anilines is 1. The monoisotopic (exact) mass is 473 g/mol. The zero-order valence-corrected chi connectivity index (χ0v) is 19.7. The number of thioether (sulfide) groups is 1. The normalized spacial score (nSPS) is 14.4. The molecule has 5 rings (SSSR count). The molecule has 2 aromatic carbocycles. The number of para-hydroxylation sites is 2. The summed E-state index contributed by atoms with van der Waals surface area (Å²) >= 11 is 1.31. The van der Waals surface area contributed by atoms with Crippen LogP contribution in [0.15, 0.2) is 87.4 Å². The maximum absolute atomic E-state index is 13.6. The number of carbonyl (C=O) groups is 1. The molecule has 1 aliphatic carbocycles. The van der Waals surface area contributed by atoms with Gasteiger partial charge in [-0.3, -0.25) is 14.2 Å². The Labute approximate surface area is 202 Å². The SMILES string of the molecule is O=C(CSc1nc2ccccc2c(=O)n1Cc1ccco1)N(c1ccccc1)C1CCCCC1. The minimum atomic E-state index is -0.135. The van der Waals surface area contributed by atoms with Crippen LogP contribution in [0.5, 0.6) is 0 Å². The van der Waals surface area contributed by atoms with Crippen LogP contribution >= 0.6 is 11.8 Å². The standard InChI is InChI=1S/C27H27N3O3S/c31-25(30(20-10-3-1-4-11-20)21-12-5-2-6-13-21)19-34-27-28-24-16-8-7-15-23(24)26(32)29(27)18-22-14-9-17-33-22/h1,3-4,7-11,14-17,21H,2,5-6,12-13,18-19H2. The van der Waals surface area contributed by atoms with Crippen LogP contribution in [-0.2, 0) is 11.3 Å². The average Bonchev–Trinajstić information content (AvgIpc) is 3.40. The molecule has 4 aromatic rings. The molecule has 0 unspecified atom stereocenters. The van der Waals surface area contributed by atoms with E-state index < -0.39 is 0 Å². The van der Waals surface area contributed by atoms with Crippen molar-refractivity contribution in [3.8, 4) is 0 Å². The summed E-state index contributed by atoms with van der Waals surface area (Å²) < 4.78 is 7.09. The summed E-state index contributed by atoms with van der Waals surface area (Å²) in [7, 11) is 0. The first-order valence-electron chi connectivity index (χ1n) is 11.7. The van der Waals surface area contributed by atoms with E-state index in [4.69, 9.17) is 9.40 Å². The number of hydrogen-bond donors (Lipinski definition) is 0.